The Morgan fingerprint density at radius 1 is 1.33 bits per heavy atom. The molecule has 0 fully saturated rings. The van der Waals surface area contributed by atoms with Crippen molar-refractivity contribution < 1.29 is 5.11 Å². The second-order valence-electron chi connectivity index (χ2n) is 4.90. The van der Waals surface area contributed by atoms with Gasteiger partial charge in [-0.25, -0.2) is 0 Å². The highest BCUT2D eigenvalue weighted by Crippen LogP contribution is 2.29. The fourth-order valence-electron chi connectivity index (χ4n) is 1.38. The molecule has 1 aromatic carbocycles. The van der Waals surface area contributed by atoms with Gasteiger partial charge in [0, 0.05) is 34.3 Å². The zero-order valence-corrected chi connectivity index (χ0v) is 13.6. The summed E-state index contributed by atoms with van der Waals surface area (Å²) in [7, 11) is 0. The standard InChI is InChI=1S/C14H22BrNOS/c1-10(2)16-7-12-4-5-14(13(15)6-12)18-9-11(3)8-17/h4-6,10-11,16-17H,7-9H2,1-3H3. The number of halogens is 1. The number of rotatable bonds is 7. The van der Waals surface area contributed by atoms with Gasteiger partial charge in [-0.2, -0.15) is 0 Å². The Bertz CT molecular complexity index is 371. The molecule has 2 nitrogen and oxygen atoms in total. The second-order valence-corrected chi connectivity index (χ2v) is 6.82. The predicted molar refractivity (Wildman–Crippen MR) is 83.1 cm³/mol. The van der Waals surface area contributed by atoms with Crippen LogP contribution < -0.4 is 5.32 Å². The van der Waals surface area contributed by atoms with Gasteiger partial charge in [0.05, 0.1) is 0 Å². The van der Waals surface area contributed by atoms with E-state index in [-0.39, 0.29) is 6.61 Å². The van der Waals surface area contributed by atoms with Crippen LogP contribution in [0.4, 0.5) is 0 Å². The largest absolute Gasteiger partial charge is 0.396 e. The van der Waals surface area contributed by atoms with Gasteiger partial charge < -0.3 is 10.4 Å². The first-order chi connectivity index (χ1) is 8.52. The van der Waals surface area contributed by atoms with Crippen molar-refractivity contribution >= 4 is 27.7 Å². The van der Waals surface area contributed by atoms with Gasteiger partial charge in [0.1, 0.15) is 0 Å². The maximum Gasteiger partial charge on any atom is 0.0464 e. The quantitative estimate of drug-likeness (QED) is 0.748. The van der Waals surface area contributed by atoms with Crippen molar-refractivity contribution in [1.82, 2.24) is 5.32 Å². The summed E-state index contributed by atoms with van der Waals surface area (Å²) in [6.07, 6.45) is 0. The summed E-state index contributed by atoms with van der Waals surface area (Å²) in [5.41, 5.74) is 1.29. The molecule has 0 aliphatic rings. The first-order valence-electron chi connectivity index (χ1n) is 6.28. The number of hydrogen-bond donors (Lipinski definition) is 2. The highest BCUT2D eigenvalue weighted by molar-refractivity contribution is 9.10. The molecule has 1 aromatic rings. The van der Waals surface area contributed by atoms with E-state index in [1.807, 2.05) is 0 Å². The van der Waals surface area contributed by atoms with E-state index in [0.717, 1.165) is 16.8 Å². The van der Waals surface area contributed by atoms with Crippen LogP contribution in [0.25, 0.3) is 0 Å². The number of aliphatic hydroxyl groups excluding tert-OH is 1. The van der Waals surface area contributed by atoms with Gasteiger partial charge in [0.25, 0.3) is 0 Å². The van der Waals surface area contributed by atoms with Gasteiger partial charge >= 0.3 is 0 Å². The van der Waals surface area contributed by atoms with E-state index < -0.39 is 0 Å². The first-order valence-corrected chi connectivity index (χ1v) is 8.06. The molecule has 0 amide bonds. The smallest absolute Gasteiger partial charge is 0.0464 e. The van der Waals surface area contributed by atoms with Gasteiger partial charge in [-0.15, -0.1) is 11.8 Å². The number of nitrogens with one attached hydrogen (secondary N) is 1. The van der Waals surface area contributed by atoms with E-state index in [4.69, 9.17) is 5.11 Å². The maximum atomic E-state index is 9.01. The molecule has 1 rings (SSSR count). The average molecular weight is 332 g/mol. The zero-order valence-electron chi connectivity index (χ0n) is 11.2. The Labute approximate surface area is 123 Å². The minimum atomic E-state index is 0.251. The molecule has 0 radical (unpaired) electrons. The fraction of sp³-hybridized carbons (Fsp3) is 0.571. The number of aliphatic hydroxyl groups is 1. The molecule has 0 bridgehead atoms. The van der Waals surface area contributed by atoms with Crippen molar-refractivity contribution in [2.24, 2.45) is 5.92 Å². The van der Waals surface area contributed by atoms with E-state index in [1.165, 1.54) is 10.5 Å². The van der Waals surface area contributed by atoms with E-state index in [2.05, 4.69) is 60.2 Å². The van der Waals surface area contributed by atoms with Gasteiger partial charge in [0.15, 0.2) is 0 Å². The Balaban J connectivity index is 2.56. The molecular weight excluding hydrogens is 310 g/mol. The molecule has 0 aromatic heterocycles. The van der Waals surface area contributed by atoms with E-state index in [0.29, 0.717) is 12.0 Å². The minimum Gasteiger partial charge on any atom is -0.396 e. The van der Waals surface area contributed by atoms with Crippen LogP contribution in [0.2, 0.25) is 0 Å². The molecule has 1 atom stereocenters. The van der Waals surface area contributed by atoms with E-state index >= 15 is 0 Å². The number of thioether (sulfide) groups is 1. The lowest BCUT2D eigenvalue weighted by molar-refractivity contribution is 0.250. The first kappa shape index (κ1) is 16.0. The Hall–Kier alpha value is -0.0300. The second kappa shape index (κ2) is 8.20. The summed E-state index contributed by atoms with van der Waals surface area (Å²) in [6.45, 7) is 7.50. The summed E-state index contributed by atoms with van der Waals surface area (Å²) in [5, 5.41) is 12.4. The monoisotopic (exact) mass is 331 g/mol. The van der Waals surface area contributed by atoms with Gasteiger partial charge in [-0.3, -0.25) is 0 Å². The summed E-state index contributed by atoms with van der Waals surface area (Å²) < 4.78 is 1.14. The third kappa shape index (κ3) is 5.74. The van der Waals surface area contributed by atoms with Crippen molar-refractivity contribution in [2.75, 3.05) is 12.4 Å². The third-order valence-corrected chi connectivity index (χ3v) is 4.87. The van der Waals surface area contributed by atoms with Crippen LogP contribution in [0, 0.1) is 5.92 Å². The summed E-state index contributed by atoms with van der Waals surface area (Å²) >= 11 is 5.40. The average Bonchev–Trinajstić information content (AvgIpc) is 2.34. The molecule has 102 valence electrons. The van der Waals surface area contributed by atoms with Crippen LogP contribution in [0.3, 0.4) is 0 Å². The van der Waals surface area contributed by atoms with Crippen LogP contribution in [0.15, 0.2) is 27.6 Å². The Morgan fingerprint density at radius 3 is 2.61 bits per heavy atom. The van der Waals surface area contributed by atoms with Crippen LogP contribution in [0.1, 0.15) is 26.3 Å². The van der Waals surface area contributed by atoms with E-state index in [9.17, 15) is 0 Å². The summed E-state index contributed by atoms with van der Waals surface area (Å²) in [6, 6.07) is 6.98. The minimum absolute atomic E-state index is 0.251. The number of hydrogen-bond acceptors (Lipinski definition) is 3. The normalized spacial score (nSPS) is 13.0. The van der Waals surface area contributed by atoms with Gasteiger partial charge in [-0.05, 0) is 39.5 Å². The molecule has 0 saturated heterocycles. The van der Waals surface area contributed by atoms with Crippen LogP contribution in [0.5, 0.6) is 0 Å². The maximum absolute atomic E-state index is 9.01. The molecule has 4 heteroatoms. The molecule has 0 aliphatic carbocycles. The predicted octanol–water partition coefficient (Wildman–Crippen LogP) is 3.67. The van der Waals surface area contributed by atoms with Crippen molar-refractivity contribution in [3.05, 3.63) is 28.2 Å². The van der Waals surface area contributed by atoms with Crippen molar-refractivity contribution in [1.29, 1.82) is 0 Å². The lowest BCUT2D eigenvalue weighted by Crippen LogP contribution is -2.21. The zero-order chi connectivity index (χ0) is 13.5. The lowest BCUT2D eigenvalue weighted by Gasteiger charge is -2.11. The van der Waals surface area contributed by atoms with Crippen molar-refractivity contribution in [2.45, 2.75) is 38.3 Å². The molecule has 18 heavy (non-hydrogen) atoms. The Kier molecular flexibility index (Phi) is 7.30. The lowest BCUT2D eigenvalue weighted by atomic mass is 10.2. The van der Waals surface area contributed by atoms with Crippen LogP contribution >= 0.6 is 27.7 Å². The van der Waals surface area contributed by atoms with Crippen molar-refractivity contribution in [3.63, 3.8) is 0 Å². The fourth-order valence-corrected chi connectivity index (χ4v) is 3.08. The molecule has 0 aliphatic heterocycles. The summed E-state index contributed by atoms with van der Waals surface area (Å²) in [4.78, 5) is 1.24. The summed E-state index contributed by atoms with van der Waals surface area (Å²) in [5.74, 6) is 1.28. The number of benzene rings is 1. The topological polar surface area (TPSA) is 32.3 Å². The molecule has 2 N–H and O–H groups in total. The van der Waals surface area contributed by atoms with Crippen LogP contribution in [-0.4, -0.2) is 23.5 Å². The molecule has 0 heterocycles. The third-order valence-electron chi connectivity index (χ3n) is 2.55. The van der Waals surface area contributed by atoms with Gasteiger partial charge in [0.2, 0.25) is 0 Å². The van der Waals surface area contributed by atoms with E-state index in [1.54, 1.807) is 11.8 Å². The molecule has 0 spiro atoms. The molecule has 0 saturated carbocycles. The SMILES string of the molecule is CC(CO)CSc1ccc(CNC(C)C)cc1Br. The molecule has 1 unspecified atom stereocenters. The Morgan fingerprint density at radius 2 is 2.06 bits per heavy atom. The highest BCUT2D eigenvalue weighted by Gasteiger charge is 2.06. The highest BCUT2D eigenvalue weighted by atomic mass is 79.9. The van der Waals surface area contributed by atoms with Gasteiger partial charge in [-0.1, -0.05) is 26.8 Å². The van der Waals surface area contributed by atoms with Crippen LogP contribution in [-0.2, 0) is 6.54 Å². The van der Waals surface area contributed by atoms with Crippen molar-refractivity contribution in [3.8, 4) is 0 Å². The molecular formula is C14H22BrNOS.